The van der Waals surface area contributed by atoms with E-state index in [1.54, 1.807) is 0 Å². The summed E-state index contributed by atoms with van der Waals surface area (Å²) in [6, 6.07) is 6.09. The fraction of sp³-hybridized carbons (Fsp3) is 0.571. The Labute approximate surface area is 119 Å². The molecule has 1 aliphatic heterocycles. The van der Waals surface area contributed by atoms with E-state index in [-0.39, 0.29) is 6.04 Å². The highest BCUT2D eigenvalue weighted by atomic mass is 35.5. The quantitative estimate of drug-likeness (QED) is 0.918. The van der Waals surface area contributed by atoms with Crippen LogP contribution in [0.15, 0.2) is 18.2 Å². The number of halogens is 2. The molecule has 100 valence electrons. The van der Waals surface area contributed by atoms with Crippen molar-refractivity contribution in [3.05, 3.63) is 33.8 Å². The maximum absolute atomic E-state index is 6.09. The number of hydrogen-bond donors (Lipinski definition) is 1. The summed E-state index contributed by atoms with van der Waals surface area (Å²) >= 11 is 12.0. The molecule has 1 fully saturated rings. The van der Waals surface area contributed by atoms with Crippen molar-refractivity contribution in [1.29, 1.82) is 0 Å². The Morgan fingerprint density at radius 2 is 1.94 bits per heavy atom. The lowest BCUT2D eigenvalue weighted by atomic mass is 9.96. The number of benzene rings is 1. The molecule has 1 saturated heterocycles. The highest BCUT2D eigenvalue weighted by molar-refractivity contribution is 6.42. The molecule has 1 atom stereocenters. The number of likely N-dealkylation sites (tertiary alicyclic amines) is 1. The van der Waals surface area contributed by atoms with Crippen molar-refractivity contribution in [3.8, 4) is 0 Å². The van der Waals surface area contributed by atoms with Crippen LogP contribution in [0.3, 0.4) is 0 Å². The zero-order chi connectivity index (χ0) is 13.1. The first-order valence-electron chi connectivity index (χ1n) is 6.51. The monoisotopic (exact) mass is 286 g/mol. The van der Waals surface area contributed by atoms with Crippen LogP contribution in [0.25, 0.3) is 0 Å². The lowest BCUT2D eigenvalue weighted by Crippen LogP contribution is -2.39. The van der Waals surface area contributed by atoms with Gasteiger partial charge in [0.05, 0.1) is 10.0 Å². The molecular formula is C14H20Cl2N2. The van der Waals surface area contributed by atoms with E-state index in [0.717, 1.165) is 19.0 Å². The lowest BCUT2D eigenvalue weighted by Gasteiger charge is -2.36. The van der Waals surface area contributed by atoms with E-state index in [1.165, 1.54) is 18.4 Å². The van der Waals surface area contributed by atoms with Crippen LogP contribution < -0.4 is 5.73 Å². The minimum atomic E-state index is 0.257. The second-order valence-corrected chi connectivity index (χ2v) is 5.96. The molecule has 2 nitrogen and oxygen atoms in total. The summed E-state index contributed by atoms with van der Waals surface area (Å²) in [5.74, 6) is 0.827. The highest BCUT2D eigenvalue weighted by Gasteiger charge is 2.23. The third kappa shape index (κ3) is 3.18. The molecule has 18 heavy (non-hydrogen) atoms. The number of nitrogens with zero attached hydrogens (tertiary/aromatic N) is 1. The van der Waals surface area contributed by atoms with Gasteiger partial charge in [-0.3, -0.25) is 4.90 Å². The van der Waals surface area contributed by atoms with Gasteiger partial charge in [-0.15, -0.1) is 0 Å². The second kappa shape index (κ2) is 6.25. The van der Waals surface area contributed by atoms with Crippen molar-refractivity contribution < 1.29 is 0 Å². The minimum absolute atomic E-state index is 0.257. The summed E-state index contributed by atoms with van der Waals surface area (Å²) in [7, 11) is 0. The van der Waals surface area contributed by atoms with Gasteiger partial charge in [0.15, 0.2) is 0 Å². The van der Waals surface area contributed by atoms with Crippen molar-refractivity contribution in [2.75, 3.05) is 19.6 Å². The van der Waals surface area contributed by atoms with Crippen molar-refractivity contribution in [3.63, 3.8) is 0 Å². The molecule has 0 spiro atoms. The first-order chi connectivity index (χ1) is 8.61. The molecule has 1 heterocycles. The van der Waals surface area contributed by atoms with Gasteiger partial charge in [0.2, 0.25) is 0 Å². The van der Waals surface area contributed by atoms with E-state index in [4.69, 9.17) is 28.9 Å². The topological polar surface area (TPSA) is 29.3 Å². The first-order valence-corrected chi connectivity index (χ1v) is 7.26. The molecule has 0 amide bonds. The average molecular weight is 287 g/mol. The summed E-state index contributed by atoms with van der Waals surface area (Å²) < 4.78 is 0. The summed E-state index contributed by atoms with van der Waals surface area (Å²) in [5.41, 5.74) is 7.11. The molecule has 0 bridgehead atoms. The number of piperidine rings is 1. The molecule has 0 unspecified atom stereocenters. The van der Waals surface area contributed by atoms with Gasteiger partial charge in [-0.1, -0.05) is 36.2 Å². The standard InChI is InChI=1S/C14H20Cl2N2/c1-10-4-6-18(7-5-10)14(9-17)11-2-3-12(15)13(16)8-11/h2-3,8,10,14H,4-7,9,17H2,1H3/t14-/m1/s1. The van der Waals surface area contributed by atoms with Crippen LogP contribution in [-0.4, -0.2) is 24.5 Å². The largest absolute Gasteiger partial charge is 0.329 e. The normalized spacial score (nSPS) is 20.0. The first kappa shape index (κ1) is 14.1. The predicted molar refractivity (Wildman–Crippen MR) is 78.2 cm³/mol. The molecule has 4 heteroatoms. The van der Waals surface area contributed by atoms with Crippen molar-refractivity contribution in [2.24, 2.45) is 11.7 Å². The third-order valence-electron chi connectivity index (χ3n) is 3.81. The Morgan fingerprint density at radius 1 is 1.28 bits per heavy atom. The van der Waals surface area contributed by atoms with Crippen LogP contribution in [0.2, 0.25) is 10.0 Å². The number of rotatable bonds is 3. The Balaban J connectivity index is 2.14. The minimum Gasteiger partial charge on any atom is -0.329 e. The van der Waals surface area contributed by atoms with Crippen molar-refractivity contribution in [1.82, 2.24) is 4.90 Å². The zero-order valence-electron chi connectivity index (χ0n) is 10.7. The maximum Gasteiger partial charge on any atom is 0.0595 e. The highest BCUT2D eigenvalue weighted by Crippen LogP contribution is 2.30. The molecule has 1 aliphatic rings. The van der Waals surface area contributed by atoms with Gasteiger partial charge in [0.1, 0.15) is 0 Å². The SMILES string of the molecule is CC1CCN([C@H](CN)c2ccc(Cl)c(Cl)c2)CC1. The Hall–Kier alpha value is -0.280. The number of nitrogens with two attached hydrogens (primary N) is 1. The molecule has 1 aromatic rings. The molecule has 2 rings (SSSR count). The molecular weight excluding hydrogens is 267 g/mol. The summed E-state index contributed by atoms with van der Waals surface area (Å²) in [4.78, 5) is 2.46. The smallest absolute Gasteiger partial charge is 0.0595 e. The molecule has 0 radical (unpaired) electrons. The van der Waals surface area contributed by atoms with E-state index >= 15 is 0 Å². The van der Waals surface area contributed by atoms with Crippen LogP contribution in [0, 0.1) is 5.92 Å². The molecule has 0 aromatic heterocycles. The van der Waals surface area contributed by atoms with Gasteiger partial charge in [-0.25, -0.2) is 0 Å². The zero-order valence-corrected chi connectivity index (χ0v) is 12.2. The van der Waals surface area contributed by atoms with E-state index in [2.05, 4.69) is 11.8 Å². The summed E-state index contributed by atoms with van der Waals surface area (Å²) in [5, 5.41) is 1.21. The van der Waals surface area contributed by atoms with E-state index in [9.17, 15) is 0 Å². The van der Waals surface area contributed by atoms with Gasteiger partial charge < -0.3 is 5.73 Å². The van der Waals surface area contributed by atoms with Crippen LogP contribution in [0.5, 0.6) is 0 Å². The van der Waals surface area contributed by atoms with Crippen LogP contribution in [0.4, 0.5) is 0 Å². The Morgan fingerprint density at radius 3 is 2.50 bits per heavy atom. The van der Waals surface area contributed by atoms with Crippen molar-refractivity contribution >= 4 is 23.2 Å². The Bertz CT molecular complexity index is 401. The van der Waals surface area contributed by atoms with Crippen molar-refractivity contribution in [2.45, 2.75) is 25.8 Å². The van der Waals surface area contributed by atoms with Gasteiger partial charge in [-0.2, -0.15) is 0 Å². The fourth-order valence-electron chi connectivity index (χ4n) is 2.56. The fourth-order valence-corrected chi connectivity index (χ4v) is 2.86. The summed E-state index contributed by atoms with van der Waals surface area (Å²) in [6.45, 7) is 5.16. The molecule has 2 N–H and O–H groups in total. The van der Waals surface area contributed by atoms with Gasteiger partial charge in [0, 0.05) is 12.6 Å². The van der Waals surface area contributed by atoms with Crippen LogP contribution in [-0.2, 0) is 0 Å². The lowest BCUT2D eigenvalue weighted by molar-refractivity contribution is 0.141. The van der Waals surface area contributed by atoms with Gasteiger partial charge in [-0.05, 0) is 49.5 Å². The summed E-state index contributed by atoms with van der Waals surface area (Å²) in [6.07, 6.45) is 2.50. The number of hydrogen-bond acceptors (Lipinski definition) is 2. The second-order valence-electron chi connectivity index (χ2n) is 5.14. The van der Waals surface area contributed by atoms with Gasteiger partial charge >= 0.3 is 0 Å². The van der Waals surface area contributed by atoms with Crippen LogP contribution in [0.1, 0.15) is 31.4 Å². The van der Waals surface area contributed by atoms with E-state index < -0.39 is 0 Å². The molecule has 0 saturated carbocycles. The van der Waals surface area contributed by atoms with E-state index in [0.29, 0.717) is 16.6 Å². The maximum atomic E-state index is 6.09. The third-order valence-corrected chi connectivity index (χ3v) is 4.55. The van der Waals surface area contributed by atoms with Crippen LogP contribution >= 0.6 is 23.2 Å². The average Bonchev–Trinajstić information content (AvgIpc) is 2.37. The predicted octanol–water partition coefficient (Wildman–Crippen LogP) is 3.73. The molecule has 0 aliphatic carbocycles. The van der Waals surface area contributed by atoms with Gasteiger partial charge in [0.25, 0.3) is 0 Å². The Kier molecular flexibility index (Phi) is 4.91. The van der Waals surface area contributed by atoms with E-state index in [1.807, 2.05) is 18.2 Å². The molecule has 1 aromatic carbocycles.